The Balaban J connectivity index is 1.56. The molecule has 34 heavy (non-hydrogen) atoms. The van der Waals surface area contributed by atoms with E-state index in [0.717, 1.165) is 43.1 Å². The lowest BCUT2D eigenvalue weighted by atomic mass is 9.88. The molecule has 0 aliphatic carbocycles. The Morgan fingerprint density at radius 2 is 1.26 bits per heavy atom. The number of aliphatic hydroxyl groups is 1. The van der Waals surface area contributed by atoms with E-state index in [1.54, 1.807) is 0 Å². The van der Waals surface area contributed by atoms with Gasteiger partial charge in [0, 0.05) is 5.39 Å². The average molecular weight is 453 g/mol. The first-order chi connectivity index (χ1) is 16.7. The number of hydrogen-bond donors (Lipinski definition) is 1. The molecule has 5 aromatic carbocycles. The summed E-state index contributed by atoms with van der Waals surface area (Å²) in [6.07, 6.45) is 0. The van der Waals surface area contributed by atoms with Gasteiger partial charge in [-0.25, -0.2) is 0 Å². The molecule has 1 heterocycles. The third-order valence-electron chi connectivity index (χ3n) is 6.63. The summed E-state index contributed by atoms with van der Waals surface area (Å²) in [5.41, 5.74) is -0.557. The van der Waals surface area contributed by atoms with Crippen LogP contribution in [0.4, 0.5) is 0 Å². The van der Waals surface area contributed by atoms with Gasteiger partial charge < -0.3 is 14.6 Å². The molecule has 0 spiro atoms. The Morgan fingerprint density at radius 3 is 2.00 bits per heavy atom. The van der Waals surface area contributed by atoms with Crippen LogP contribution in [-0.2, 0) is 16.0 Å². The van der Waals surface area contributed by atoms with Gasteiger partial charge in [-0.1, -0.05) is 54.6 Å². The molecule has 6 rings (SSSR count). The van der Waals surface area contributed by atoms with Crippen LogP contribution in [0.25, 0.3) is 53.9 Å². The predicted molar refractivity (Wildman–Crippen MR) is 136 cm³/mol. The van der Waals surface area contributed by atoms with E-state index in [9.17, 15) is 9.59 Å². The topological polar surface area (TPSA) is 77.8 Å². The highest BCUT2D eigenvalue weighted by atomic mass is 16.5. The fourth-order valence-corrected chi connectivity index (χ4v) is 5.23. The number of nitrogens with zero attached hydrogens (tertiary/aromatic N) is 1. The largest absolute Gasteiger partial charge is 0.394 e. The molecule has 1 aromatic heterocycles. The molecule has 6 nitrogen and oxygen atoms in total. The van der Waals surface area contributed by atoms with E-state index in [1.165, 1.54) is 4.57 Å². The van der Waals surface area contributed by atoms with Gasteiger partial charge in [0.2, 0.25) is 0 Å². The van der Waals surface area contributed by atoms with Gasteiger partial charge in [0.25, 0.3) is 11.1 Å². The zero-order valence-corrected chi connectivity index (χ0v) is 18.5. The van der Waals surface area contributed by atoms with Crippen molar-refractivity contribution in [3.05, 3.63) is 81.4 Å². The molecular weight excluding hydrogens is 430 g/mol. The molecule has 0 aliphatic rings. The zero-order valence-electron chi connectivity index (χ0n) is 18.5. The van der Waals surface area contributed by atoms with Crippen molar-refractivity contribution in [1.29, 1.82) is 0 Å². The summed E-state index contributed by atoms with van der Waals surface area (Å²) in [5, 5.41) is 18.0. The van der Waals surface area contributed by atoms with Crippen LogP contribution in [0.5, 0.6) is 0 Å². The first-order valence-corrected chi connectivity index (χ1v) is 11.5. The lowest BCUT2D eigenvalue weighted by Gasteiger charge is -2.14. The fraction of sp³-hybridized carbons (Fsp3) is 0.214. The summed E-state index contributed by atoms with van der Waals surface area (Å²) in [7, 11) is 0. The minimum Gasteiger partial charge on any atom is -0.394 e. The van der Waals surface area contributed by atoms with Gasteiger partial charge in [-0.05, 0) is 43.8 Å². The Kier molecular flexibility index (Phi) is 5.14. The van der Waals surface area contributed by atoms with Crippen LogP contribution in [0.15, 0.2) is 70.3 Å². The zero-order chi connectivity index (χ0) is 23.2. The normalized spacial score (nSPS) is 12.3. The van der Waals surface area contributed by atoms with E-state index >= 15 is 0 Å². The number of ether oxygens (including phenoxy) is 2. The van der Waals surface area contributed by atoms with Crippen LogP contribution in [0.1, 0.15) is 0 Å². The van der Waals surface area contributed by atoms with Crippen LogP contribution in [0.2, 0.25) is 0 Å². The first-order valence-electron chi connectivity index (χ1n) is 11.5. The van der Waals surface area contributed by atoms with Gasteiger partial charge in [0.05, 0.1) is 50.4 Å². The lowest BCUT2D eigenvalue weighted by Crippen LogP contribution is -2.27. The summed E-state index contributed by atoms with van der Waals surface area (Å²) < 4.78 is 12.0. The number of benzene rings is 5. The third kappa shape index (κ3) is 3.07. The molecule has 0 unspecified atom stereocenters. The van der Waals surface area contributed by atoms with E-state index in [-0.39, 0.29) is 37.5 Å². The van der Waals surface area contributed by atoms with Crippen molar-refractivity contribution in [1.82, 2.24) is 4.57 Å². The van der Waals surface area contributed by atoms with E-state index in [0.29, 0.717) is 24.0 Å². The van der Waals surface area contributed by atoms with E-state index in [1.807, 2.05) is 30.3 Å². The van der Waals surface area contributed by atoms with Gasteiger partial charge in [-0.2, -0.15) is 0 Å². The van der Waals surface area contributed by atoms with E-state index in [4.69, 9.17) is 14.6 Å². The molecule has 6 aromatic rings. The number of aliphatic hydroxyl groups excluding tert-OH is 1. The minimum atomic E-state index is -0.283. The molecule has 0 saturated heterocycles. The van der Waals surface area contributed by atoms with Crippen LogP contribution >= 0.6 is 0 Å². The highest BCUT2D eigenvalue weighted by molar-refractivity contribution is 6.37. The fourth-order valence-electron chi connectivity index (χ4n) is 5.23. The highest BCUT2D eigenvalue weighted by Crippen LogP contribution is 2.42. The highest BCUT2D eigenvalue weighted by Gasteiger charge is 2.21. The molecule has 0 bridgehead atoms. The number of fused-ring (bicyclic) bond motifs is 4. The molecule has 0 atom stereocenters. The summed E-state index contributed by atoms with van der Waals surface area (Å²) in [5.74, 6) is 0. The van der Waals surface area contributed by atoms with Crippen LogP contribution < -0.4 is 11.1 Å². The Hall–Kier alpha value is -3.58. The summed E-state index contributed by atoms with van der Waals surface area (Å²) in [4.78, 5) is 26.9. The summed E-state index contributed by atoms with van der Waals surface area (Å²) >= 11 is 0. The van der Waals surface area contributed by atoms with Crippen molar-refractivity contribution in [3.63, 3.8) is 0 Å². The van der Waals surface area contributed by atoms with Crippen LogP contribution in [0.3, 0.4) is 0 Å². The molecule has 1 N–H and O–H groups in total. The molecule has 6 heteroatoms. The standard InChI is InChI=1S/C28H23NO5/c30-11-13-34-15-14-33-12-10-29-27(31)22-16-18-6-3-8-20-19-7-1-4-17-5-2-9-21(23(17)19)25(24(18)20)26(22)28(29)32/h1-9,16,30H,10-15H2. The maximum atomic E-state index is 13.6. The van der Waals surface area contributed by atoms with Crippen LogP contribution in [-0.4, -0.2) is 42.7 Å². The van der Waals surface area contributed by atoms with Crippen molar-refractivity contribution >= 4 is 53.9 Å². The Labute approximate surface area is 194 Å². The Morgan fingerprint density at radius 1 is 0.618 bits per heavy atom. The Bertz CT molecular complexity index is 1770. The molecule has 170 valence electrons. The number of rotatable bonds is 8. The number of hydrogen-bond acceptors (Lipinski definition) is 5. The third-order valence-corrected chi connectivity index (χ3v) is 6.63. The van der Waals surface area contributed by atoms with E-state index in [2.05, 4.69) is 30.3 Å². The SMILES string of the molecule is O=c1c2cc3cccc4c5cccc6cccc(c65)c(c2c(=O)n1CCOCCOCCO)c34. The van der Waals surface area contributed by atoms with Crippen molar-refractivity contribution in [2.24, 2.45) is 0 Å². The summed E-state index contributed by atoms with van der Waals surface area (Å²) in [6, 6.07) is 20.4. The average Bonchev–Trinajstić information content (AvgIpc) is 3.10. The monoisotopic (exact) mass is 453 g/mol. The molecule has 0 aliphatic heterocycles. The van der Waals surface area contributed by atoms with Crippen molar-refractivity contribution in [2.45, 2.75) is 6.54 Å². The number of aromatic nitrogens is 1. The van der Waals surface area contributed by atoms with E-state index < -0.39 is 0 Å². The first kappa shape index (κ1) is 21.0. The van der Waals surface area contributed by atoms with Gasteiger partial charge in [0.15, 0.2) is 0 Å². The molecule has 0 radical (unpaired) electrons. The second kappa shape index (κ2) is 8.33. The molecular formula is C28H23NO5. The molecule has 0 amide bonds. The smallest absolute Gasteiger partial charge is 0.262 e. The van der Waals surface area contributed by atoms with Gasteiger partial charge >= 0.3 is 0 Å². The molecule has 0 fully saturated rings. The van der Waals surface area contributed by atoms with Crippen molar-refractivity contribution in [2.75, 3.05) is 33.0 Å². The lowest BCUT2D eigenvalue weighted by molar-refractivity contribution is 0.0307. The predicted octanol–water partition coefficient (Wildman–Crippen LogP) is 3.88. The minimum absolute atomic E-state index is 0.0361. The van der Waals surface area contributed by atoms with Gasteiger partial charge in [0.1, 0.15) is 0 Å². The second-order valence-electron chi connectivity index (χ2n) is 8.50. The van der Waals surface area contributed by atoms with Gasteiger partial charge in [-0.15, -0.1) is 0 Å². The maximum Gasteiger partial charge on any atom is 0.262 e. The van der Waals surface area contributed by atoms with Crippen molar-refractivity contribution < 1.29 is 14.6 Å². The summed E-state index contributed by atoms with van der Waals surface area (Å²) in [6.45, 7) is 1.31. The second-order valence-corrected chi connectivity index (χ2v) is 8.50. The van der Waals surface area contributed by atoms with Crippen molar-refractivity contribution in [3.8, 4) is 0 Å². The molecule has 0 saturated carbocycles. The maximum absolute atomic E-state index is 13.6. The van der Waals surface area contributed by atoms with Crippen LogP contribution in [0, 0.1) is 0 Å². The van der Waals surface area contributed by atoms with Gasteiger partial charge in [-0.3, -0.25) is 14.2 Å². The quantitative estimate of drug-likeness (QED) is 0.215.